The van der Waals surface area contributed by atoms with Crippen LogP contribution in [0.25, 0.3) is 0 Å². The van der Waals surface area contributed by atoms with Crippen molar-refractivity contribution in [2.75, 3.05) is 5.32 Å². The summed E-state index contributed by atoms with van der Waals surface area (Å²) in [6.45, 7) is 0. The van der Waals surface area contributed by atoms with Gasteiger partial charge in [0.2, 0.25) is 11.9 Å². The van der Waals surface area contributed by atoms with Gasteiger partial charge in [-0.1, -0.05) is 18.2 Å². The summed E-state index contributed by atoms with van der Waals surface area (Å²) in [6.07, 6.45) is 0. The number of anilines is 1. The zero-order valence-electron chi connectivity index (χ0n) is 11.9. The maximum atomic E-state index is 10.9. The van der Waals surface area contributed by atoms with Gasteiger partial charge in [0, 0.05) is 5.69 Å². The number of nitrogens with zero attached hydrogens (tertiary/aromatic N) is 2. The van der Waals surface area contributed by atoms with Gasteiger partial charge < -0.3 is 16.8 Å². The standard InChI is InChI=1S/C14H15N5O3S/c15-13(17-10-4-2-1-3-5-10)19-14(16)18-11-6-8-12(9-7-11)23(20,21)22/h1-9H,(H,20,21,22)(H5,15,16,17,18,19). The van der Waals surface area contributed by atoms with E-state index in [1.807, 2.05) is 30.3 Å². The molecule has 0 aliphatic heterocycles. The maximum absolute atomic E-state index is 10.9. The van der Waals surface area contributed by atoms with Crippen LogP contribution in [-0.4, -0.2) is 24.9 Å². The number of rotatable bonds is 3. The summed E-state index contributed by atoms with van der Waals surface area (Å²) in [5, 5.41) is 2.84. The van der Waals surface area contributed by atoms with E-state index in [2.05, 4.69) is 15.3 Å². The Bertz CT molecular complexity index is 830. The van der Waals surface area contributed by atoms with Crippen LogP contribution in [0.5, 0.6) is 0 Å². The Balaban J connectivity index is 2.11. The molecule has 0 atom stereocenters. The van der Waals surface area contributed by atoms with Gasteiger partial charge in [-0.05, 0) is 36.4 Å². The highest BCUT2D eigenvalue weighted by atomic mass is 32.2. The second-order valence-corrected chi connectivity index (χ2v) is 5.85. The van der Waals surface area contributed by atoms with Gasteiger partial charge in [0.25, 0.3) is 10.1 Å². The van der Waals surface area contributed by atoms with Crippen molar-refractivity contribution in [1.82, 2.24) is 0 Å². The maximum Gasteiger partial charge on any atom is 0.294 e. The van der Waals surface area contributed by atoms with E-state index in [1.54, 1.807) is 0 Å². The summed E-state index contributed by atoms with van der Waals surface area (Å²) in [5.41, 5.74) is 12.5. The second-order valence-electron chi connectivity index (χ2n) is 4.43. The fourth-order valence-electron chi connectivity index (χ4n) is 1.67. The molecule has 9 heteroatoms. The lowest BCUT2D eigenvalue weighted by atomic mass is 10.3. The molecule has 0 heterocycles. The fourth-order valence-corrected chi connectivity index (χ4v) is 2.15. The quantitative estimate of drug-likeness (QED) is 0.379. The number of nitrogens with one attached hydrogen (secondary N) is 1. The molecule has 0 unspecified atom stereocenters. The molecule has 0 bridgehead atoms. The highest BCUT2D eigenvalue weighted by molar-refractivity contribution is 7.85. The van der Waals surface area contributed by atoms with E-state index in [9.17, 15) is 8.42 Å². The highest BCUT2D eigenvalue weighted by Crippen LogP contribution is 2.16. The van der Waals surface area contributed by atoms with E-state index in [1.165, 1.54) is 24.3 Å². The lowest BCUT2D eigenvalue weighted by molar-refractivity contribution is 0.483. The molecule has 0 amide bonds. The number of hydrogen-bond acceptors (Lipinski definition) is 3. The van der Waals surface area contributed by atoms with Gasteiger partial charge in [-0.15, -0.1) is 0 Å². The predicted octanol–water partition coefficient (Wildman–Crippen LogP) is 1.31. The van der Waals surface area contributed by atoms with Crippen LogP contribution in [0.1, 0.15) is 0 Å². The molecule has 120 valence electrons. The van der Waals surface area contributed by atoms with Crippen LogP contribution in [-0.2, 0) is 10.1 Å². The average Bonchev–Trinajstić information content (AvgIpc) is 2.47. The molecule has 0 aliphatic rings. The van der Waals surface area contributed by atoms with Gasteiger partial charge in [-0.3, -0.25) is 4.55 Å². The van der Waals surface area contributed by atoms with Crippen molar-refractivity contribution in [3.8, 4) is 0 Å². The average molecular weight is 333 g/mol. The van der Waals surface area contributed by atoms with E-state index < -0.39 is 10.1 Å². The van der Waals surface area contributed by atoms with Crippen LogP contribution in [0, 0.1) is 0 Å². The molecule has 6 N–H and O–H groups in total. The lowest BCUT2D eigenvalue weighted by Crippen LogP contribution is -2.25. The Labute approximate surface area is 133 Å². The first-order valence-corrected chi connectivity index (χ1v) is 7.86. The Hall–Kier alpha value is -2.91. The summed E-state index contributed by atoms with van der Waals surface area (Å²) < 4.78 is 30.8. The molecule has 2 rings (SSSR count). The first kappa shape index (κ1) is 16.5. The van der Waals surface area contributed by atoms with Crippen molar-refractivity contribution in [2.24, 2.45) is 21.5 Å². The normalized spacial score (nSPS) is 12.9. The van der Waals surface area contributed by atoms with E-state index in [-0.39, 0.29) is 16.8 Å². The number of guanidine groups is 2. The molecule has 0 aliphatic carbocycles. The van der Waals surface area contributed by atoms with Gasteiger partial charge in [0.05, 0.1) is 10.6 Å². The van der Waals surface area contributed by atoms with Crippen molar-refractivity contribution in [3.05, 3.63) is 54.6 Å². The third-order valence-electron chi connectivity index (χ3n) is 2.66. The Morgan fingerprint density at radius 1 is 1.00 bits per heavy atom. The van der Waals surface area contributed by atoms with Gasteiger partial charge >= 0.3 is 0 Å². The summed E-state index contributed by atoms with van der Waals surface area (Å²) in [5.74, 6) is -0.0439. The first-order valence-electron chi connectivity index (χ1n) is 6.42. The van der Waals surface area contributed by atoms with E-state index in [4.69, 9.17) is 16.0 Å². The van der Waals surface area contributed by atoms with Crippen molar-refractivity contribution < 1.29 is 13.0 Å². The minimum absolute atomic E-state index is 0.0620. The third kappa shape index (κ3) is 5.09. The number of benzene rings is 2. The van der Waals surface area contributed by atoms with Gasteiger partial charge in [-0.2, -0.15) is 13.4 Å². The smallest absolute Gasteiger partial charge is 0.294 e. The van der Waals surface area contributed by atoms with E-state index in [0.29, 0.717) is 5.69 Å². The highest BCUT2D eigenvalue weighted by Gasteiger charge is 2.08. The zero-order valence-corrected chi connectivity index (χ0v) is 12.7. The molecule has 23 heavy (non-hydrogen) atoms. The zero-order chi connectivity index (χ0) is 16.9. The molecule has 0 saturated heterocycles. The van der Waals surface area contributed by atoms with Crippen molar-refractivity contribution in [2.45, 2.75) is 4.90 Å². The summed E-state index contributed by atoms with van der Waals surface area (Å²) in [4.78, 5) is 7.62. The molecule has 8 nitrogen and oxygen atoms in total. The number of para-hydroxylation sites is 1. The summed E-state index contributed by atoms with van der Waals surface area (Å²) in [6, 6.07) is 14.3. The fraction of sp³-hybridized carbons (Fsp3) is 0. The molecule has 0 radical (unpaired) electrons. The van der Waals surface area contributed by atoms with Crippen LogP contribution < -0.4 is 16.8 Å². The van der Waals surface area contributed by atoms with Crippen LogP contribution >= 0.6 is 0 Å². The van der Waals surface area contributed by atoms with E-state index >= 15 is 0 Å². The Morgan fingerprint density at radius 3 is 2.17 bits per heavy atom. The van der Waals surface area contributed by atoms with Gasteiger partial charge in [0.15, 0.2) is 0 Å². The largest absolute Gasteiger partial charge is 0.369 e. The molecule has 2 aromatic carbocycles. The third-order valence-corrected chi connectivity index (χ3v) is 3.53. The SMILES string of the molecule is NC(=Nc1ccc(S(=O)(=O)O)cc1)N=C(N)Nc1ccccc1. The van der Waals surface area contributed by atoms with Crippen molar-refractivity contribution in [1.29, 1.82) is 0 Å². The van der Waals surface area contributed by atoms with Crippen molar-refractivity contribution >= 4 is 33.4 Å². The van der Waals surface area contributed by atoms with Crippen LogP contribution in [0.4, 0.5) is 11.4 Å². The topological polar surface area (TPSA) is 143 Å². The minimum Gasteiger partial charge on any atom is -0.369 e. The van der Waals surface area contributed by atoms with Crippen molar-refractivity contribution in [3.63, 3.8) is 0 Å². The van der Waals surface area contributed by atoms with Gasteiger partial charge in [0.1, 0.15) is 0 Å². The number of nitrogens with two attached hydrogens (primary N) is 2. The van der Waals surface area contributed by atoms with Crippen LogP contribution in [0.2, 0.25) is 0 Å². The van der Waals surface area contributed by atoms with Gasteiger partial charge in [-0.25, -0.2) is 4.99 Å². The number of hydrogen-bond donors (Lipinski definition) is 4. The van der Waals surface area contributed by atoms with Crippen LogP contribution in [0.3, 0.4) is 0 Å². The lowest BCUT2D eigenvalue weighted by Gasteiger charge is -2.04. The molecular weight excluding hydrogens is 318 g/mol. The molecule has 0 aromatic heterocycles. The monoisotopic (exact) mass is 333 g/mol. The molecule has 0 saturated carbocycles. The summed E-state index contributed by atoms with van der Waals surface area (Å²) >= 11 is 0. The van der Waals surface area contributed by atoms with Crippen LogP contribution in [0.15, 0.2) is 69.5 Å². The van der Waals surface area contributed by atoms with E-state index in [0.717, 1.165) is 5.69 Å². The first-order chi connectivity index (χ1) is 10.8. The number of aliphatic imine (C=N–C) groups is 2. The molecule has 2 aromatic rings. The second kappa shape index (κ2) is 6.90. The molecule has 0 fully saturated rings. The Kier molecular flexibility index (Phi) is 4.94. The molecule has 0 spiro atoms. The minimum atomic E-state index is -4.24. The Morgan fingerprint density at radius 2 is 1.61 bits per heavy atom. The predicted molar refractivity (Wildman–Crippen MR) is 89.2 cm³/mol. The molecular formula is C14H15N5O3S. The summed E-state index contributed by atoms with van der Waals surface area (Å²) in [7, 11) is -4.24.